The van der Waals surface area contributed by atoms with E-state index in [0.29, 0.717) is 18.4 Å². The van der Waals surface area contributed by atoms with Crippen molar-refractivity contribution in [1.82, 2.24) is 9.80 Å². The monoisotopic (exact) mass is 348 g/mol. The van der Waals surface area contributed by atoms with E-state index >= 15 is 0 Å². The molecule has 2 aliphatic rings. The van der Waals surface area contributed by atoms with Crippen molar-refractivity contribution in [2.75, 3.05) is 50.9 Å². The average molecular weight is 349 g/mol. The Morgan fingerprint density at radius 2 is 1.96 bits per heavy atom. The third-order valence-electron chi connectivity index (χ3n) is 4.80. The molecule has 2 aliphatic heterocycles. The van der Waals surface area contributed by atoms with Crippen LogP contribution in [0.25, 0.3) is 0 Å². The molecular weight excluding hydrogens is 320 g/mol. The van der Waals surface area contributed by atoms with Gasteiger partial charge in [0.05, 0.1) is 19.3 Å². The van der Waals surface area contributed by atoms with Gasteiger partial charge in [0, 0.05) is 38.4 Å². The molecule has 2 heterocycles. The molecule has 0 bridgehead atoms. The van der Waals surface area contributed by atoms with Crippen molar-refractivity contribution in [1.29, 1.82) is 0 Å². The van der Waals surface area contributed by atoms with Gasteiger partial charge in [0.15, 0.2) is 0 Å². The van der Waals surface area contributed by atoms with Crippen LogP contribution in [0.2, 0.25) is 0 Å². The van der Waals surface area contributed by atoms with E-state index in [0.717, 1.165) is 58.0 Å². The zero-order valence-electron chi connectivity index (χ0n) is 14.4. The molecule has 1 aromatic rings. The summed E-state index contributed by atoms with van der Waals surface area (Å²) in [7, 11) is 0. The highest BCUT2D eigenvalue weighted by Gasteiger charge is 2.27. The summed E-state index contributed by atoms with van der Waals surface area (Å²) in [5, 5.41) is 0. The lowest BCUT2D eigenvalue weighted by molar-refractivity contribution is -0.133. The Labute approximate surface area is 149 Å². The fraction of sp³-hybridized carbons (Fsp3) is 0.632. The molecule has 5 heteroatoms. The van der Waals surface area contributed by atoms with Crippen molar-refractivity contribution in [2.45, 2.75) is 25.3 Å². The van der Waals surface area contributed by atoms with E-state index in [2.05, 4.69) is 21.9 Å². The highest BCUT2D eigenvalue weighted by molar-refractivity contribution is 7.99. The first-order valence-electron chi connectivity index (χ1n) is 9.04. The number of ether oxygens (including phenoxy) is 1. The van der Waals surface area contributed by atoms with Crippen LogP contribution in [-0.4, -0.2) is 72.6 Å². The summed E-state index contributed by atoms with van der Waals surface area (Å²) in [5.41, 5.74) is 1.25. The van der Waals surface area contributed by atoms with Crippen molar-refractivity contribution >= 4 is 17.7 Å². The zero-order chi connectivity index (χ0) is 16.6. The highest BCUT2D eigenvalue weighted by Crippen LogP contribution is 2.19. The number of hydrogen-bond donors (Lipinski definition) is 0. The molecule has 0 aromatic heterocycles. The number of morpholine rings is 1. The largest absolute Gasteiger partial charge is 0.379 e. The second-order valence-electron chi connectivity index (χ2n) is 6.57. The van der Waals surface area contributed by atoms with Gasteiger partial charge >= 0.3 is 0 Å². The molecule has 0 spiro atoms. The minimum atomic E-state index is 0.319. The Balaban J connectivity index is 1.57. The number of nitrogens with zero attached hydrogens (tertiary/aromatic N) is 2. The van der Waals surface area contributed by atoms with Crippen LogP contribution < -0.4 is 0 Å². The minimum Gasteiger partial charge on any atom is -0.379 e. The predicted molar refractivity (Wildman–Crippen MR) is 99.5 cm³/mol. The van der Waals surface area contributed by atoms with Crippen LogP contribution >= 0.6 is 11.8 Å². The van der Waals surface area contributed by atoms with Crippen LogP contribution in [0.15, 0.2) is 30.3 Å². The summed E-state index contributed by atoms with van der Waals surface area (Å²) in [5.74, 6) is 2.55. The fourth-order valence-corrected chi connectivity index (χ4v) is 4.49. The van der Waals surface area contributed by atoms with Gasteiger partial charge in [-0.2, -0.15) is 11.8 Å². The van der Waals surface area contributed by atoms with Crippen LogP contribution in [0, 0.1) is 0 Å². The Hall–Kier alpha value is -1.04. The molecule has 3 rings (SSSR count). The van der Waals surface area contributed by atoms with Gasteiger partial charge in [-0.15, -0.1) is 0 Å². The second-order valence-corrected chi connectivity index (χ2v) is 7.72. The fourth-order valence-electron chi connectivity index (χ4n) is 3.43. The van der Waals surface area contributed by atoms with Crippen LogP contribution in [0.5, 0.6) is 0 Å². The van der Waals surface area contributed by atoms with E-state index < -0.39 is 0 Å². The van der Waals surface area contributed by atoms with E-state index in [1.165, 1.54) is 11.3 Å². The molecule has 2 fully saturated rings. The Bertz CT molecular complexity index is 505. The first-order valence-corrected chi connectivity index (χ1v) is 10.2. The number of carbonyl (C=O) groups is 1. The first-order chi connectivity index (χ1) is 11.8. The smallest absolute Gasteiger partial charge is 0.223 e. The number of carbonyl (C=O) groups excluding carboxylic acids is 1. The number of amides is 1. The quantitative estimate of drug-likeness (QED) is 0.817. The average Bonchev–Trinajstić information content (AvgIpc) is 2.87. The molecule has 4 nitrogen and oxygen atoms in total. The minimum absolute atomic E-state index is 0.319. The second kappa shape index (κ2) is 9.44. The highest BCUT2D eigenvalue weighted by atomic mass is 32.2. The predicted octanol–water partition coefficient (Wildman–Crippen LogP) is 2.29. The third-order valence-corrected chi connectivity index (χ3v) is 6.00. The lowest BCUT2D eigenvalue weighted by atomic mass is 10.1. The van der Waals surface area contributed by atoms with Gasteiger partial charge < -0.3 is 9.64 Å². The normalized spacial score (nSPS) is 23.0. The van der Waals surface area contributed by atoms with Crippen LogP contribution in [0.1, 0.15) is 18.4 Å². The van der Waals surface area contributed by atoms with E-state index in [4.69, 9.17) is 4.74 Å². The standard InChI is InChI=1S/C19H28N2O2S/c22-19(8-7-17-5-2-1-3-6-17)21-9-4-14-24-16-18(21)15-20-10-12-23-13-11-20/h1-3,5-6,18H,4,7-16H2/t18-/m0/s1. The summed E-state index contributed by atoms with van der Waals surface area (Å²) >= 11 is 2.00. The Morgan fingerprint density at radius 1 is 1.17 bits per heavy atom. The number of hydrogen-bond acceptors (Lipinski definition) is 4. The lowest BCUT2D eigenvalue weighted by Gasteiger charge is -2.35. The summed E-state index contributed by atoms with van der Waals surface area (Å²) in [6.45, 7) is 5.53. The molecule has 0 saturated carbocycles. The molecule has 1 amide bonds. The topological polar surface area (TPSA) is 32.8 Å². The van der Waals surface area contributed by atoms with Gasteiger partial charge in [0.1, 0.15) is 0 Å². The van der Waals surface area contributed by atoms with Crippen molar-refractivity contribution in [3.05, 3.63) is 35.9 Å². The third kappa shape index (κ3) is 5.23. The molecule has 1 aromatic carbocycles. The van der Waals surface area contributed by atoms with Gasteiger partial charge in [-0.05, 0) is 24.2 Å². The van der Waals surface area contributed by atoms with Gasteiger partial charge in [-0.1, -0.05) is 30.3 Å². The molecule has 1 atom stereocenters. The van der Waals surface area contributed by atoms with Gasteiger partial charge in [-0.3, -0.25) is 9.69 Å². The molecular formula is C19H28N2O2S. The lowest BCUT2D eigenvalue weighted by Crippen LogP contribution is -2.50. The van der Waals surface area contributed by atoms with Crippen LogP contribution in [0.3, 0.4) is 0 Å². The number of aryl methyl sites for hydroxylation is 1. The van der Waals surface area contributed by atoms with E-state index in [9.17, 15) is 4.79 Å². The van der Waals surface area contributed by atoms with E-state index in [1.54, 1.807) is 0 Å². The van der Waals surface area contributed by atoms with Crippen LogP contribution in [0.4, 0.5) is 0 Å². The molecule has 24 heavy (non-hydrogen) atoms. The van der Waals surface area contributed by atoms with Crippen molar-refractivity contribution in [2.24, 2.45) is 0 Å². The van der Waals surface area contributed by atoms with Crippen molar-refractivity contribution in [3.63, 3.8) is 0 Å². The Morgan fingerprint density at radius 3 is 2.75 bits per heavy atom. The summed E-state index contributed by atoms with van der Waals surface area (Å²) in [6, 6.07) is 10.7. The molecule has 132 valence electrons. The maximum absolute atomic E-state index is 12.8. The summed E-state index contributed by atoms with van der Waals surface area (Å²) in [4.78, 5) is 17.5. The maximum Gasteiger partial charge on any atom is 0.223 e. The molecule has 0 N–H and O–H groups in total. The van der Waals surface area contributed by atoms with E-state index in [1.807, 2.05) is 30.0 Å². The van der Waals surface area contributed by atoms with Crippen LogP contribution in [-0.2, 0) is 16.0 Å². The Kier molecular flexibility index (Phi) is 6.99. The summed E-state index contributed by atoms with van der Waals surface area (Å²) in [6.07, 6.45) is 2.57. The molecule has 0 aliphatic carbocycles. The van der Waals surface area contributed by atoms with Gasteiger partial charge in [0.2, 0.25) is 5.91 Å². The van der Waals surface area contributed by atoms with Gasteiger partial charge in [0.25, 0.3) is 0 Å². The van der Waals surface area contributed by atoms with E-state index in [-0.39, 0.29) is 0 Å². The molecule has 2 saturated heterocycles. The molecule has 0 unspecified atom stereocenters. The van der Waals surface area contributed by atoms with Crippen molar-refractivity contribution in [3.8, 4) is 0 Å². The number of benzene rings is 1. The van der Waals surface area contributed by atoms with Crippen molar-refractivity contribution < 1.29 is 9.53 Å². The number of rotatable bonds is 5. The number of thioether (sulfide) groups is 1. The zero-order valence-corrected chi connectivity index (χ0v) is 15.2. The van der Waals surface area contributed by atoms with Gasteiger partial charge in [-0.25, -0.2) is 0 Å². The maximum atomic E-state index is 12.8. The molecule has 0 radical (unpaired) electrons. The summed E-state index contributed by atoms with van der Waals surface area (Å²) < 4.78 is 5.45. The first kappa shape index (κ1) is 17.8. The SMILES string of the molecule is O=C(CCc1ccccc1)N1CCCSC[C@@H]1CN1CCOCC1.